The fourth-order valence-corrected chi connectivity index (χ4v) is 9.52. The fraction of sp³-hybridized carbons (Fsp3) is 0.120. The SMILES string of the molecule is C[Si](C)(c1ccccc1)c1cccc([Si](C)(c2ccccc2)c2ccccn2)n1. The first-order valence-corrected chi connectivity index (χ1v) is 15.5. The monoisotopic (exact) mass is 410 g/mol. The molecule has 1 unspecified atom stereocenters. The summed E-state index contributed by atoms with van der Waals surface area (Å²) in [6, 6.07) is 34.4. The van der Waals surface area contributed by atoms with Gasteiger partial charge in [-0.2, -0.15) is 0 Å². The first kappa shape index (κ1) is 19.5. The van der Waals surface area contributed by atoms with Crippen molar-refractivity contribution in [1.29, 1.82) is 0 Å². The van der Waals surface area contributed by atoms with Gasteiger partial charge in [0.05, 0.1) is 0 Å². The van der Waals surface area contributed by atoms with Gasteiger partial charge in [0.1, 0.15) is 8.07 Å². The van der Waals surface area contributed by atoms with E-state index in [9.17, 15) is 0 Å². The maximum atomic E-state index is 5.33. The van der Waals surface area contributed by atoms with Gasteiger partial charge in [-0.1, -0.05) is 97.6 Å². The average molecular weight is 411 g/mol. The zero-order valence-electron chi connectivity index (χ0n) is 17.2. The molecule has 0 aliphatic rings. The second-order valence-corrected chi connectivity index (χ2v) is 16.3. The standard InChI is InChI=1S/C25H26N2Si2/c1-28(2,21-13-6-4-7-14-21)24-18-12-19-25(27-24)29(3,22-15-8-5-9-16-22)23-17-10-11-20-26-23/h4-20H,1-3H3. The number of nitrogens with zero attached hydrogens (tertiary/aromatic N) is 2. The van der Waals surface area contributed by atoms with Gasteiger partial charge in [0, 0.05) is 22.1 Å². The predicted octanol–water partition coefficient (Wildman–Crippen LogP) is 2.40. The Balaban J connectivity index is 1.89. The highest BCUT2D eigenvalue weighted by molar-refractivity contribution is 7.10. The lowest BCUT2D eigenvalue weighted by Crippen LogP contribution is -2.68. The summed E-state index contributed by atoms with van der Waals surface area (Å²) in [5, 5.41) is 6.30. The van der Waals surface area contributed by atoms with E-state index in [1.807, 2.05) is 12.3 Å². The molecule has 0 radical (unpaired) electrons. The van der Waals surface area contributed by atoms with Crippen molar-refractivity contribution in [2.45, 2.75) is 19.6 Å². The molecule has 0 spiro atoms. The van der Waals surface area contributed by atoms with E-state index >= 15 is 0 Å². The summed E-state index contributed by atoms with van der Waals surface area (Å²) in [5.41, 5.74) is 0. The number of rotatable bonds is 5. The predicted molar refractivity (Wildman–Crippen MR) is 129 cm³/mol. The number of pyridine rings is 2. The Labute approximate surface area is 175 Å². The Bertz CT molecular complexity index is 1040. The van der Waals surface area contributed by atoms with Gasteiger partial charge in [0.15, 0.2) is 8.07 Å². The molecule has 2 aromatic carbocycles. The maximum Gasteiger partial charge on any atom is 0.190 e. The summed E-state index contributed by atoms with van der Waals surface area (Å²) in [5.74, 6) is 0. The molecule has 0 bridgehead atoms. The van der Waals surface area contributed by atoms with Crippen LogP contribution in [0, 0.1) is 0 Å². The summed E-state index contributed by atoms with van der Waals surface area (Å²) in [4.78, 5) is 10.1. The van der Waals surface area contributed by atoms with Crippen molar-refractivity contribution in [2.75, 3.05) is 0 Å². The first-order valence-electron chi connectivity index (χ1n) is 10.0. The zero-order chi connectivity index (χ0) is 20.3. The van der Waals surface area contributed by atoms with Crippen LogP contribution in [0.1, 0.15) is 0 Å². The van der Waals surface area contributed by atoms with Gasteiger partial charge in [-0.3, -0.25) is 9.97 Å². The molecule has 4 aromatic rings. The Morgan fingerprint density at radius 2 is 1.07 bits per heavy atom. The van der Waals surface area contributed by atoms with Crippen LogP contribution >= 0.6 is 0 Å². The Morgan fingerprint density at radius 3 is 1.69 bits per heavy atom. The highest BCUT2D eigenvalue weighted by Gasteiger charge is 2.38. The minimum Gasteiger partial charge on any atom is -0.266 e. The van der Waals surface area contributed by atoms with Gasteiger partial charge < -0.3 is 0 Å². The van der Waals surface area contributed by atoms with E-state index in [-0.39, 0.29) is 0 Å². The van der Waals surface area contributed by atoms with E-state index < -0.39 is 16.1 Å². The molecular weight excluding hydrogens is 384 g/mol. The average Bonchev–Trinajstić information content (AvgIpc) is 2.80. The van der Waals surface area contributed by atoms with Gasteiger partial charge in [-0.15, -0.1) is 0 Å². The molecule has 0 aliphatic heterocycles. The fourth-order valence-electron chi connectivity index (χ4n) is 3.92. The van der Waals surface area contributed by atoms with Crippen molar-refractivity contribution in [3.63, 3.8) is 0 Å². The number of benzene rings is 2. The van der Waals surface area contributed by atoms with Gasteiger partial charge in [0.2, 0.25) is 0 Å². The van der Waals surface area contributed by atoms with Crippen LogP contribution in [0.5, 0.6) is 0 Å². The maximum absolute atomic E-state index is 5.33. The highest BCUT2D eigenvalue weighted by atomic mass is 28.3. The number of aromatic nitrogens is 2. The quantitative estimate of drug-likeness (QED) is 0.472. The summed E-state index contributed by atoms with van der Waals surface area (Å²) in [7, 11) is -4.17. The van der Waals surface area contributed by atoms with Crippen LogP contribution < -0.4 is 26.3 Å². The summed E-state index contributed by atoms with van der Waals surface area (Å²) in [6.07, 6.45) is 1.90. The molecule has 0 saturated carbocycles. The third kappa shape index (κ3) is 3.61. The normalized spacial score (nSPS) is 13.6. The van der Waals surface area contributed by atoms with Crippen molar-refractivity contribution in [3.05, 3.63) is 103 Å². The van der Waals surface area contributed by atoms with Gasteiger partial charge >= 0.3 is 0 Å². The lowest BCUT2D eigenvalue weighted by Gasteiger charge is -2.29. The van der Waals surface area contributed by atoms with E-state index in [4.69, 9.17) is 9.97 Å². The molecular formula is C25H26N2Si2. The molecule has 0 saturated heterocycles. The Hall–Kier alpha value is -2.83. The summed E-state index contributed by atoms with van der Waals surface area (Å²) < 4.78 is 0. The number of hydrogen-bond acceptors (Lipinski definition) is 2. The van der Waals surface area contributed by atoms with Crippen molar-refractivity contribution < 1.29 is 0 Å². The van der Waals surface area contributed by atoms with E-state index in [1.165, 1.54) is 21.0 Å². The van der Waals surface area contributed by atoms with Gasteiger partial charge in [-0.05, 0) is 29.5 Å². The molecule has 0 aliphatic carbocycles. The molecule has 0 N–H and O–H groups in total. The molecule has 2 nitrogen and oxygen atoms in total. The molecule has 4 rings (SSSR count). The largest absolute Gasteiger partial charge is 0.266 e. The van der Waals surface area contributed by atoms with Crippen LogP contribution in [-0.2, 0) is 0 Å². The minimum atomic E-state index is -2.29. The smallest absolute Gasteiger partial charge is 0.190 e. The molecule has 144 valence electrons. The van der Waals surface area contributed by atoms with Crippen LogP contribution in [0.3, 0.4) is 0 Å². The van der Waals surface area contributed by atoms with Crippen LogP contribution in [0.2, 0.25) is 19.6 Å². The zero-order valence-corrected chi connectivity index (χ0v) is 19.2. The Kier molecular flexibility index (Phi) is 5.30. The molecule has 29 heavy (non-hydrogen) atoms. The molecule has 0 amide bonds. The second kappa shape index (κ2) is 7.89. The van der Waals surface area contributed by atoms with E-state index in [1.54, 1.807) is 0 Å². The Morgan fingerprint density at radius 1 is 0.517 bits per heavy atom. The van der Waals surface area contributed by atoms with E-state index in [2.05, 4.69) is 111 Å². The van der Waals surface area contributed by atoms with Crippen LogP contribution in [0.4, 0.5) is 0 Å². The van der Waals surface area contributed by atoms with E-state index in [0.717, 1.165) is 5.32 Å². The van der Waals surface area contributed by atoms with Crippen molar-refractivity contribution >= 4 is 42.5 Å². The summed E-state index contributed by atoms with van der Waals surface area (Å²) >= 11 is 0. The first-order chi connectivity index (χ1) is 14.0. The van der Waals surface area contributed by atoms with Crippen molar-refractivity contribution in [1.82, 2.24) is 9.97 Å². The third-order valence-electron chi connectivity index (χ3n) is 5.93. The van der Waals surface area contributed by atoms with Crippen molar-refractivity contribution in [2.24, 2.45) is 0 Å². The molecule has 2 aromatic heterocycles. The second-order valence-electron chi connectivity index (χ2n) is 8.11. The highest BCUT2D eigenvalue weighted by Crippen LogP contribution is 2.07. The van der Waals surface area contributed by atoms with Crippen LogP contribution in [0.15, 0.2) is 103 Å². The topological polar surface area (TPSA) is 25.8 Å². The number of hydrogen-bond donors (Lipinski definition) is 0. The van der Waals surface area contributed by atoms with Crippen LogP contribution in [0.25, 0.3) is 0 Å². The molecule has 2 heterocycles. The van der Waals surface area contributed by atoms with Crippen LogP contribution in [-0.4, -0.2) is 26.1 Å². The molecule has 4 heteroatoms. The summed E-state index contributed by atoms with van der Waals surface area (Å²) in [6.45, 7) is 7.14. The molecule has 1 atom stereocenters. The molecule has 0 fully saturated rings. The van der Waals surface area contributed by atoms with Crippen molar-refractivity contribution in [3.8, 4) is 0 Å². The van der Waals surface area contributed by atoms with E-state index in [0.29, 0.717) is 0 Å². The van der Waals surface area contributed by atoms with Gasteiger partial charge in [-0.25, -0.2) is 0 Å². The lowest BCUT2D eigenvalue weighted by atomic mass is 10.4. The third-order valence-corrected chi connectivity index (χ3v) is 13.4. The van der Waals surface area contributed by atoms with Gasteiger partial charge in [0.25, 0.3) is 0 Å². The minimum absolute atomic E-state index is 1.15. The lowest BCUT2D eigenvalue weighted by molar-refractivity contribution is 1.35.